The fourth-order valence-electron chi connectivity index (χ4n) is 4.41. The van der Waals surface area contributed by atoms with Crippen LogP contribution in [0.5, 0.6) is 23.0 Å². The molecule has 1 amide bonds. The van der Waals surface area contributed by atoms with Crippen molar-refractivity contribution in [2.24, 2.45) is 0 Å². The third kappa shape index (κ3) is 1.61. The van der Waals surface area contributed by atoms with Crippen molar-refractivity contribution in [1.29, 1.82) is 0 Å². The van der Waals surface area contributed by atoms with Gasteiger partial charge in [-0.1, -0.05) is 0 Å². The maximum atomic E-state index is 13.1. The Morgan fingerprint density at radius 1 is 0.840 bits per heavy atom. The van der Waals surface area contributed by atoms with Crippen LogP contribution in [0.4, 0.5) is 0 Å². The van der Waals surface area contributed by atoms with Crippen molar-refractivity contribution in [2.75, 3.05) is 20.6 Å². The smallest absolute Gasteiger partial charge is 0.234 e. The van der Waals surface area contributed by atoms with Crippen molar-refractivity contribution >= 4 is 5.91 Å². The zero-order valence-corrected chi connectivity index (χ0v) is 13.6. The van der Waals surface area contributed by atoms with Crippen LogP contribution in [0.2, 0.25) is 0 Å². The van der Waals surface area contributed by atoms with E-state index in [4.69, 9.17) is 18.9 Å². The summed E-state index contributed by atoms with van der Waals surface area (Å²) in [6.07, 6.45) is 0.747. The molecule has 0 spiro atoms. The van der Waals surface area contributed by atoms with Gasteiger partial charge >= 0.3 is 0 Å². The highest BCUT2D eigenvalue weighted by Crippen LogP contribution is 2.52. The van der Waals surface area contributed by atoms with Gasteiger partial charge in [-0.25, -0.2) is 0 Å². The van der Waals surface area contributed by atoms with Gasteiger partial charge in [-0.05, 0) is 52.9 Å². The maximum Gasteiger partial charge on any atom is 0.234 e. The first-order chi connectivity index (χ1) is 12.2. The number of hydrogen-bond donors (Lipinski definition) is 0. The molecule has 4 heterocycles. The molecule has 126 valence electrons. The maximum absolute atomic E-state index is 13.1. The lowest BCUT2D eigenvalue weighted by Crippen LogP contribution is -2.39. The zero-order chi connectivity index (χ0) is 16.7. The Morgan fingerprint density at radius 3 is 2.08 bits per heavy atom. The van der Waals surface area contributed by atoms with Crippen LogP contribution in [-0.4, -0.2) is 31.4 Å². The van der Waals surface area contributed by atoms with Gasteiger partial charge in [-0.3, -0.25) is 4.79 Å². The number of ether oxygens (including phenoxy) is 4. The minimum Gasteiger partial charge on any atom is -0.454 e. The molecule has 0 N–H and O–H groups in total. The quantitative estimate of drug-likeness (QED) is 0.739. The number of hydrogen-bond acceptors (Lipinski definition) is 5. The van der Waals surface area contributed by atoms with E-state index in [1.807, 2.05) is 36.2 Å². The van der Waals surface area contributed by atoms with E-state index in [9.17, 15) is 4.79 Å². The summed E-state index contributed by atoms with van der Waals surface area (Å²) in [6, 6.07) is 7.98. The molecular formula is C19H15NO5. The molecule has 0 aromatic heterocycles. The number of fused-ring (bicyclic) bond motifs is 3. The molecule has 0 saturated carbocycles. The predicted octanol–water partition coefficient (Wildman–Crippen LogP) is 2.35. The molecule has 2 bridgehead atoms. The Labute approximate surface area is 143 Å². The molecule has 6 heteroatoms. The third-order valence-electron chi connectivity index (χ3n) is 5.67. The van der Waals surface area contributed by atoms with E-state index in [0.29, 0.717) is 11.5 Å². The zero-order valence-electron chi connectivity index (χ0n) is 13.6. The van der Waals surface area contributed by atoms with E-state index in [1.54, 1.807) is 0 Å². The van der Waals surface area contributed by atoms with Crippen molar-refractivity contribution in [3.05, 3.63) is 46.5 Å². The number of carbonyl (C=O) groups is 1. The van der Waals surface area contributed by atoms with Crippen LogP contribution >= 0.6 is 0 Å². The van der Waals surface area contributed by atoms with Crippen LogP contribution in [0.1, 0.15) is 34.2 Å². The number of amides is 1. The van der Waals surface area contributed by atoms with Gasteiger partial charge in [-0.2, -0.15) is 0 Å². The third-order valence-corrected chi connectivity index (χ3v) is 5.67. The first-order valence-electron chi connectivity index (χ1n) is 8.33. The first-order valence-corrected chi connectivity index (χ1v) is 8.33. The molecule has 0 unspecified atom stereocenters. The van der Waals surface area contributed by atoms with Crippen LogP contribution in [0.15, 0.2) is 24.3 Å². The minimum absolute atomic E-state index is 0.0186. The van der Waals surface area contributed by atoms with Gasteiger partial charge in [0.2, 0.25) is 19.5 Å². The number of likely N-dealkylation sites (N-methyl/N-ethyl adjacent to an activating group) is 1. The molecule has 6 nitrogen and oxygen atoms in total. The fourth-order valence-corrected chi connectivity index (χ4v) is 4.41. The fraction of sp³-hybridized carbons (Fsp3) is 0.316. The highest BCUT2D eigenvalue weighted by atomic mass is 16.7. The highest BCUT2D eigenvalue weighted by molar-refractivity contribution is 5.91. The Morgan fingerprint density at radius 2 is 1.40 bits per heavy atom. The van der Waals surface area contributed by atoms with Crippen LogP contribution in [0, 0.1) is 0 Å². The summed E-state index contributed by atoms with van der Waals surface area (Å²) >= 11 is 0. The molecule has 4 aliphatic heterocycles. The van der Waals surface area contributed by atoms with Crippen molar-refractivity contribution in [1.82, 2.24) is 4.90 Å². The topological polar surface area (TPSA) is 57.2 Å². The molecule has 2 aromatic carbocycles. The highest BCUT2D eigenvalue weighted by Gasteiger charge is 2.44. The average Bonchev–Trinajstić information content (AvgIpc) is 3.21. The number of benzene rings is 2. The molecule has 25 heavy (non-hydrogen) atoms. The lowest BCUT2D eigenvalue weighted by atomic mass is 9.83. The van der Waals surface area contributed by atoms with Gasteiger partial charge in [0.15, 0.2) is 23.0 Å². The lowest BCUT2D eigenvalue weighted by molar-refractivity contribution is -0.133. The van der Waals surface area contributed by atoms with Crippen LogP contribution in [-0.2, 0) is 11.2 Å². The van der Waals surface area contributed by atoms with Gasteiger partial charge < -0.3 is 23.8 Å². The second-order valence-corrected chi connectivity index (χ2v) is 6.84. The second kappa shape index (κ2) is 4.39. The van der Waals surface area contributed by atoms with Crippen LogP contribution < -0.4 is 18.9 Å². The Bertz CT molecular complexity index is 953. The van der Waals surface area contributed by atoms with Crippen molar-refractivity contribution in [3.63, 3.8) is 0 Å². The summed E-state index contributed by atoms with van der Waals surface area (Å²) in [5.41, 5.74) is 4.28. The van der Waals surface area contributed by atoms with E-state index in [-0.39, 0.29) is 31.5 Å². The molecule has 1 aliphatic carbocycles. The summed E-state index contributed by atoms with van der Waals surface area (Å²) in [5.74, 6) is 2.69. The molecule has 0 fully saturated rings. The SMILES string of the molecule is CN1C(=O)[C@H]2c3cc4c(cc3C[C@@H]1c1cc3c(cc12)OCO3)OCO4. The number of rotatable bonds is 0. The summed E-state index contributed by atoms with van der Waals surface area (Å²) in [7, 11) is 1.88. The summed E-state index contributed by atoms with van der Waals surface area (Å²) in [4.78, 5) is 15.0. The standard InChI is InChI=1S/C19H15NO5/c1-20-13-2-9-3-14-15(23-7-22-14)4-10(9)18(19(20)21)12-6-17-16(5-11(12)13)24-8-25-17/h3-6,13,18H,2,7-8H2,1H3/t13-,18+/m1/s1. The normalized spacial score (nSPS) is 24.2. The van der Waals surface area contributed by atoms with Gasteiger partial charge in [-0.15, -0.1) is 0 Å². The second-order valence-electron chi connectivity index (χ2n) is 6.84. The molecule has 0 saturated heterocycles. The van der Waals surface area contributed by atoms with Gasteiger partial charge in [0.1, 0.15) is 0 Å². The van der Waals surface area contributed by atoms with E-state index in [2.05, 4.69) is 0 Å². The molecule has 2 aromatic rings. The van der Waals surface area contributed by atoms with E-state index in [0.717, 1.165) is 40.2 Å². The van der Waals surface area contributed by atoms with Crippen LogP contribution in [0.25, 0.3) is 0 Å². The lowest BCUT2D eigenvalue weighted by Gasteiger charge is -2.35. The van der Waals surface area contributed by atoms with Gasteiger partial charge in [0, 0.05) is 7.05 Å². The number of nitrogens with zero attached hydrogens (tertiary/aromatic N) is 1. The Kier molecular flexibility index (Phi) is 2.35. The summed E-state index contributed by atoms with van der Waals surface area (Å²) in [5, 5.41) is 0. The molecular weight excluding hydrogens is 322 g/mol. The Hall–Kier alpha value is -2.89. The molecule has 2 atom stereocenters. The molecule has 0 radical (unpaired) electrons. The first kappa shape index (κ1) is 13.4. The van der Waals surface area contributed by atoms with E-state index >= 15 is 0 Å². The predicted molar refractivity (Wildman–Crippen MR) is 86.2 cm³/mol. The molecule has 7 rings (SSSR count). The van der Waals surface area contributed by atoms with Crippen LogP contribution in [0.3, 0.4) is 0 Å². The summed E-state index contributed by atoms with van der Waals surface area (Å²) in [6.45, 7) is 0.460. The summed E-state index contributed by atoms with van der Waals surface area (Å²) < 4.78 is 22.2. The van der Waals surface area contributed by atoms with Crippen molar-refractivity contribution in [3.8, 4) is 23.0 Å². The molecule has 5 aliphatic rings. The van der Waals surface area contributed by atoms with E-state index < -0.39 is 0 Å². The van der Waals surface area contributed by atoms with Gasteiger partial charge in [0.05, 0.1) is 12.0 Å². The van der Waals surface area contributed by atoms with Gasteiger partial charge in [0.25, 0.3) is 0 Å². The van der Waals surface area contributed by atoms with E-state index in [1.165, 1.54) is 0 Å². The monoisotopic (exact) mass is 337 g/mol. The average molecular weight is 337 g/mol. The largest absolute Gasteiger partial charge is 0.454 e. The number of carbonyl (C=O) groups excluding carboxylic acids is 1. The minimum atomic E-state index is -0.349. The Balaban J connectivity index is 1.63. The van der Waals surface area contributed by atoms with Crippen molar-refractivity contribution in [2.45, 2.75) is 18.4 Å². The van der Waals surface area contributed by atoms with Crippen molar-refractivity contribution < 1.29 is 23.7 Å².